The minimum Gasteiger partial charge on any atom is -0.459 e. The van der Waals surface area contributed by atoms with Gasteiger partial charge in [-0.05, 0) is 82.4 Å². The van der Waals surface area contributed by atoms with Gasteiger partial charge in [-0.2, -0.15) is 0 Å². The van der Waals surface area contributed by atoms with Gasteiger partial charge in [0.2, 0.25) is 0 Å². The molecule has 2 N–H and O–H groups in total. The summed E-state index contributed by atoms with van der Waals surface area (Å²) in [5, 5.41) is 24.3. The summed E-state index contributed by atoms with van der Waals surface area (Å²) in [7, 11) is 3.26. The molecule has 1 aliphatic heterocycles. The fourth-order valence-corrected chi connectivity index (χ4v) is 9.15. The largest absolute Gasteiger partial charge is 0.459 e. The molecule has 1 aromatic heterocycles. The first kappa shape index (κ1) is 44.0. The number of cyclic esters (lactones) is 1. The van der Waals surface area contributed by atoms with E-state index in [1.54, 1.807) is 34.3 Å². The van der Waals surface area contributed by atoms with Crippen LogP contribution < -0.4 is 0 Å². The molecule has 1 aromatic carbocycles. The number of ketones is 1. The topological polar surface area (TPSA) is 134 Å². The Hall–Kier alpha value is -2.73. The van der Waals surface area contributed by atoms with Crippen LogP contribution in [-0.4, -0.2) is 95.1 Å². The molecule has 0 amide bonds. The zero-order chi connectivity index (χ0) is 40.2. The fourth-order valence-electron chi connectivity index (χ4n) is 9.15. The lowest BCUT2D eigenvalue weighted by molar-refractivity contribution is -0.211. The summed E-state index contributed by atoms with van der Waals surface area (Å²) < 4.78 is 31.6. The number of carbonyl (C=O) groups is 2. The van der Waals surface area contributed by atoms with E-state index in [-0.39, 0.29) is 36.2 Å². The molecule has 2 fully saturated rings. The van der Waals surface area contributed by atoms with Crippen LogP contribution in [0.1, 0.15) is 100 Å². The highest BCUT2D eigenvalue weighted by molar-refractivity contribution is 5.84. The normalized spacial score (nSPS) is 40.4. The number of Topliss-reactive ketones (excluding diaryl/α,β-unsaturated/α-hetero) is 1. The Balaban J connectivity index is 1.68. The summed E-state index contributed by atoms with van der Waals surface area (Å²) in [4.78, 5) is 33.1. The minimum atomic E-state index is -1.73. The van der Waals surface area contributed by atoms with Crippen molar-refractivity contribution in [1.29, 1.82) is 0 Å². The third-order valence-electron chi connectivity index (χ3n) is 13.1. The van der Waals surface area contributed by atoms with E-state index in [2.05, 4.69) is 18.8 Å². The van der Waals surface area contributed by atoms with Crippen LogP contribution in [0.25, 0.3) is 17.0 Å². The van der Waals surface area contributed by atoms with Gasteiger partial charge in [-0.15, -0.1) is 0 Å². The first-order valence-corrected chi connectivity index (χ1v) is 19.9. The van der Waals surface area contributed by atoms with Gasteiger partial charge in [0.25, 0.3) is 0 Å². The Morgan fingerprint density at radius 2 is 1.63 bits per heavy atom. The van der Waals surface area contributed by atoms with Gasteiger partial charge in [0.05, 0.1) is 53.7 Å². The van der Waals surface area contributed by atoms with E-state index in [9.17, 15) is 19.8 Å². The standard InChI is InChI=1S/C44H67NO9/c1-13-36-44(10,49)40(52-20-16-17-32-22-33-18-14-15-19-35(33)45-25-32)29(5)37(46)27(3)23-42(8,50-11)31(7)28(4)38(30(6)41(48)54-36)53-34-21-26(2)39(47)43(9,24-34)51-12/h14-19,22,25-31,34,36,38-40,47,49H,13,20-21,23-24H2,1-12H3/b17-16+/t26-,27-,28-,29+,30-,31-,34-,36-,38+,39?,40-,42-,43-,44-/m1/s1. The average Bonchev–Trinajstić information content (AvgIpc) is 3.15. The highest BCUT2D eigenvalue weighted by atomic mass is 16.6. The van der Waals surface area contributed by atoms with E-state index in [0.717, 1.165) is 16.5 Å². The van der Waals surface area contributed by atoms with Crippen molar-refractivity contribution in [2.75, 3.05) is 20.8 Å². The first-order chi connectivity index (χ1) is 25.3. The van der Waals surface area contributed by atoms with E-state index in [1.165, 1.54) is 0 Å². The van der Waals surface area contributed by atoms with Crippen molar-refractivity contribution >= 4 is 28.7 Å². The molecular weight excluding hydrogens is 686 g/mol. The maximum atomic E-state index is 14.3. The molecule has 1 aliphatic carbocycles. The van der Waals surface area contributed by atoms with Crippen molar-refractivity contribution in [2.24, 2.45) is 35.5 Å². The van der Waals surface area contributed by atoms with Crippen LogP contribution in [0.5, 0.6) is 0 Å². The number of aliphatic hydroxyl groups excluding tert-OH is 1. The molecule has 0 bridgehead atoms. The molecule has 14 atom stereocenters. The number of rotatable bonds is 9. The SMILES string of the molecule is CC[C@H]1OC(=O)[C@H](C)[C@@H](O[C@@H]2C[C@@H](C)C(O)[C@](C)(OC)C2)[C@H](C)[C@@H](C)[C@](C)(OC)C[C@@H](C)C(=O)[C@H](C)[C@@H](OC/C=C/c2cnc3ccccc3c2)[C@]1(C)O. The van der Waals surface area contributed by atoms with Crippen LogP contribution in [0.2, 0.25) is 0 Å². The summed E-state index contributed by atoms with van der Waals surface area (Å²) in [5.74, 6) is -2.92. The van der Waals surface area contributed by atoms with Crippen molar-refractivity contribution in [3.8, 4) is 0 Å². The summed E-state index contributed by atoms with van der Waals surface area (Å²) in [5.41, 5.74) is -1.50. The lowest BCUT2D eigenvalue weighted by atomic mass is 9.70. The Morgan fingerprint density at radius 1 is 0.963 bits per heavy atom. The molecule has 10 heteroatoms. The lowest BCUT2D eigenvalue weighted by Crippen LogP contribution is -2.58. The monoisotopic (exact) mass is 753 g/mol. The van der Waals surface area contributed by atoms with Gasteiger partial charge in [0.1, 0.15) is 17.5 Å². The van der Waals surface area contributed by atoms with Gasteiger partial charge in [-0.25, -0.2) is 0 Å². The molecular formula is C44H67NO9. The molecule has 0 radical (unpaired) electrons. The quantitative estimate of drug-likeness (QED) is 0.253. The van der Waals surface area contributed by atoms with E-state index in [4.69, 9.17) is 23.7 Å². The van der Waals surface area contributed by atoms with Crippen molar-refractivity contribution in [2.45, 2.75) is 142 Å². The average molecular weight is 754 g/mol. The minimum absolute atomic E-state index is 0.0703. The highest BCUT2D eigenvalue weighted by Crippen LogP contribution is 2.43. The highest BCUT2D eigenvalue weighted by Gasteiger charge is 2.51. The summed E-state index contributed by atoms with van der Waals surface area (Å²) in [6.45, 7) is 19.1. The smallest absolute Gasteiger partial charge is 0.311 e. The van der Waals surface area contributed by atoms with Crippen LogP contribution >= 0.6 is 0 Å². The molecule has 0 spiro atoms. The molecule has 302 valence electrons. The number of fused-ring (bicyclic) bond motifs is 1. The maximum Gasteiger partial charge on any atom is 0.311 e. The Labute approximate surface area is 323 Å². The molecule has 2 aromatic rings. The van der Waals surface area contributed by atoms with Crippen LogP contribution in [0, 0.1) is 35.5 Å². The van der Waals surface area contributed by atoms with E-state index >= 15 is 0 Å². The molecule has 10 nitrogen and oxygen atoms in total. The van der Waals surface area contributed by atoms with E-state index in [1.807, 2.05) is 84.0 Å². The fraction of sp³-hybridized carbons (Fsp3) is 0.705. The van der Waals surface area contributed by atoms with Gasteiger partial charge < -0.3 is 33.9 Å². The number of pyridine rings is 1. The zero-order valence-corrected chi connectivity index (χ0v) is 34.7. The number of carbonyl (C=O) groups excluding carboxylic acids is 2. The Bertz CT molecular complexity index is 1590. The van der Waals surface area contributed by atoms with Gasteiger partial charge >= 0.3 is 5.97 Å². The molecule has 54 heavy (non-hydrogen) atoms. The molecule has 2 aliphatic rings. The summed E-state index contributed by atoms with van der Waals surface area (Å²) in [6, 6.07) is 9.93. The van der Waals surface area contributed by atoms with E-state index < -0.39 is 64.9 Å². The van der Waals surface area contributed by atoms with Gasteiger partial charge in [-0.3, -0.25) is 14.6 Å². The first-order valence-electron chi connectivity index (χ1n) is 19.9. The number of aliphatic hydroxyl groups is 2. The molecule has 2 heterocycles. The number of nitrogens with zero attached hydrogens (tertiary/aromatic N) is 1. The number of esters is 1. The van der Waals surface area contributed by atoms with Crippen molar-refractivity contribution < 1.29 is 43.5 Å². The second-order valence-electron chi connectivity index (χ2n) is 17.0. The number of aromatic nitrogens is 1. The molecule has 4 rings (SSSR count). The summed E-state index contributed by atoms with van der Waals surface area (Å²) >= 11 is 0. The second kappa shape index (κ2) is 18.0. The number of hydrogen-bond acceptors (Lipinski definition) is 10. The predicted octanol–water partition coefficient (Wildman–Crippen LogP) is 7.21. The predicted molar refractivity (Wildman–Crippen MR) is 211 cm³/mol. The Kier molecular flexibility index (Phi) is 14.7. The molecule has 1 saturated carbocycles. The van der Waals surface area contributed by atoms with Gasteiger partial charge in [0, 0.05) is 44.1 Å². The number of para-hydroxylation sites is 1. The number of benzene rings is 1. The zero-order valence-electron chi connectivity index (χ0n) is 34.7. The number of hydrogen-bond donors (Lipinski definition) is 2. The third kappa shape index (κ3) is 9.44. The van der Waals surface area contributed by atoms with Crippen molar-refractivity contribution in [3.05, 3.63) is 48.2 Å². The Morgan fingerprint density at radius 3 is 2.28 bits per heavy atom. The number of ether oxygens (including phenoxy) is 5. The molecule has 1 saturated heterocycles. The van der Waals surface area contributed by atoms with Crippen molar-refractivity contribution in [1.82, 2.24) is 4.98 Å². The second-order valence-corrected chi connectivity index (χ2v) is 17.0. The van der Waals surface area contributed by atoms with Crippen LogP contribution in [0.4, 0.5) is 0 Å². The van der Waals surface area contributed by atoms with Crippen LogP contribution in [0.15, 0.2) is 42.6 Å². The van der Waals surface area contributed by atoms with Crippen LogP contribution in [-0.2, 0) is 33.3 Å². The van der Waals surface area contributed by atoms with E-state index in [0.29, 0.717) is 25.7 Å². The van der Waals surface area contributed by atoms with Crippen molar-refractivity contribution in [3.63, 3.8) is 0 Å². The van der Waals surface area contributed by atoms with Gasteiger partial charge in [-0.1, -0.05) is 71.9 Å². The summed E-state index contributed by atoms with van der Waals surface area (Å²) in [6.07, 6.45) is 3.78. The number of methoxy groups -OCH3 is 2. The maximum absolute atomic E-state index is 14.3. The third-order valence-corrected chi connectivity index (χ3v) is 13.1. The molecule has 1 unspecified atom stereocenters. The lowest BCUT2D eigenvalue weighted by Gasteiger charge is -2.48. The van der Waals surface area contributed by atoms with Crippen LogP contribution in [0.3, 0.4) is 0 Å². The van der Waals surface area contributed by atoms with Gasteiger partial charge in [0.15, 0.2) is 0 Å².